The highest BCUT2D eigenvalue weighted by Gasteiger charge is 2.20. The Morgan fingerprint density at radius 3 is 2.89 bits per heavy atom. The van der Waals surface area contributed by atoms with Gasteiger partial charge in [0.2, 0.25) is 0 Å². The van der Waals surface area contributed by atoms with E-state index in [0.717, 1.165) is 24.3 Å². The van der Waals surface area contributed by atoms with Crippen molar-refractivity contribution < 1.29 is 4.74 Å². The van der Waals surface area contributed by atoms with E-state index in [0.29, 0.717) is 11.1 Å². The van der Waals surface area contributed by atoms with E-state index < -0.39 is 0 Å². The molecule has 1 aliphatic rings. The minimum atomic E-state index is -0.0475. The fourth-order valence-electron chi connectivity index (χ4n) is 2.62. The van der Waals surface area contributed by atoms with E-state index >= 15 is 0 Å². The van der Waals surface area contributed by atoms with Crippen LogP contribution in [-0.2, 0) is 0 Å². The molecule has 1 aromatic rings. The fraction of sp³-hybridized carbons (Fsp3) is 0.600. The second-order valence-electron chi connectivity index (χ2n) is 5.39. The number of rotatable bonds is 5. The van der Waals surface area contributed by atoms with Crippen LogP contribution in [0.4, 0.5) is 0 Å². The van der Waals surface area contributed by atoms with Gasteiger partial charge in [0.1, 0.15) is 5.75 Å². The molecule has 2 unspecified atom stereocenters. The third-order valence-electron chi connectivity index (χ3n) is 3.85. The van der Waals surface area contributed by atoms with Gasteiger partial charge in [-0.1, -0.05) is 17.7 Å². The van der Waals surface area contributed by atoms with E-state index in [4.69, 9.17) is 22.1 Å². The quantitative estimate of drug-likeness (QED) is 0.901. The van der Waals surface area contributed by atoms with Crippen molar-refractivity contribution in [1.29, 1.82) is 0 Å². The van der Waals surface area contributed by atoms with E-state index in [1.54, 1.807) is 0 Å². The molecule has 1 fully saturated rings. The van der Waals surface area contributed by atoms with Crippen molar-refractivity contribution in [2.45, 2.75) is 38.3 Å². The zero-order valence-electron chi connectivity index (χ0n) is 11.7. The smallest absolute Gasteiger partial charge is 0.120 e. The predicted molar refractivity (Wildman–Crippen MR) is 79.8 cm³/mol. The van der Waals surface area contributed by atoms with Gasteiger partial charge in [-0.2, -0.15) is 0 Å². The minimum absolute atomic E-state index is 0.0475. The lowest BCUT2D eigenvalue weighted by molar-refractivity contribution is 0.233. The van der Waals surface area contributed by atoms with Gasteiger partial charge in [-0.25, -0.2) is 0 Å². The van der Waals surface area contributed by atoms with Gasteiger partial charge in [0.05, 0.1) is 6.61 Å². The molecule has 0 amide bonds. The lowest BCUT2D eigenvalue weighted by Crippen LogP contribution is -2.26. The standard InChI is InChI=1S/C15H23ClN2O/c1-11(17)14-6-5-13(10-15(14)16)19-9-7-12-4-3-8-18(12)2/h5-6,10-12H,3-4,7-9,17H2,1-2H3. The molecular formula is C15H23ClN2O. The first kappa shape index (κ1) is 14.6. The van der Waals surface area contributed by atoms with Crippen LogP contribution >= 0.6 is 11.6 Å². The highest BCUT2D eigenvalue weighted by atomic mass is 35.5. The predicted octanol–water partition coefficient (Wildman–Crippen LogP) is 3.22. The summed E-state index contributed by atoms with van der Waals surface area (Å²) >= 11 is 6.19. The van der Waals surface area contributed by atoms with Crippen LogP contribution in [-0.4, -0.2) is 31.1 Å². The number of hydrogen-bond donors (Lipinski definition) is 1. The van der Waals surface area contributed by atoms with Gasteiger partial charge < -0.3 is 15.4 Å². The average Bonchev–Trinajstić information content (AvgIpc) is 2.75. The van der Waals surface area contributed by atoms with Crippen molar-refractivity contribution in [2.75, 3.05) is 20.2 Å². The van der Waals surface area contributed by atoms with Gasteiger partial charge in [-0.15, -0.1) is 0 Å². The molecule has 0 spiro atoms. The summed E-state index contributed by atoms with van der Waals surface area (Å²) in [5.41, 5.74) is 6.79. The largest absolute Gasteiger partial charge is 0.493 e. The molecule has 0 aromatic heterocycles. The number of ether oxygens (including phenoxy) is 1. The third-order valence-corrected chi connectivity index (χ3v) is 4.18. The van der Waals surface area contributed by atoms with E-state index in [1.165, 1.54) is 19.4 Å². The van der Waals surface area contributed by atoms with Crippen molar-refractivity contribution in [2.24, 2.45) is 5.73 Å². The Morgan fingerprint density at radius 2 is 2.32 bits per heavy atom. The van der Waals surface area contributed by atoms with Crippen molar-refractivity contribution in [3.8, 4) is 5.75 Å². The molecule has 1 heterocycles. The lowest BCUT2D eigenvalue weighted by Gasteiger charge is -2.19. The molecule has 1 aromatic carbocycles. The summed E-state index contributed by atoms with van der Waals surface area (Å²) in [7, 11) is 2.19. The summed E-state index contributed by atoms with van der Waals surface area (Å²) < 4.78 is 5.78. The van der Waals surface area contributed by atoms with Crippen molar-refractivity contribution in [3.63, 3.8) is 0 Å². The lowest BCUT2D eigenvalue weighted by atomic mass is 10.1. The molecule has 2 N–H and O–H groups in total. The van der Waals surface area contributed by atoms with Crippen molar-refractivity contribution in [3.05, 3.63) is 28.8 Å². The molecule has 2 rings (SSSR count). The molecule has 0 radical (unpaired) electrons. The second-order valence-corrected chi connectivity index (χ2v) is 5.79. The first-order valence-electron chi connectivity index (χ1n) is 6.96. The van der Waals surface area contributed by atoms with Crippen molar-refractivity contribution in [1.82, 2.24) is 4.90 Å². The highest BCUT2D eigenvalue weighted by Crippen LogP contribution is 2.26. The molecule has 19 heavy (non-hydrogen) atoms. The molecule has 4 heteroatoms. The van der Waals surface area contributed by atoms with Crippen LogP contribution in [0.15, 0.2) is 18.2 Å². The van der Waals surface area contributed by atoms with E-state index in [9.17, 15) is 0 Å². The number of likely N-dealkylation sites (tertiary alicyclic amines) is 1. The number of nitrogens with zero attached hydrogens (tertiary/aromatic N) is 1. The van der Waals surface area contributed by atoms with Crippen LogP contribution in [0.5, 0.6) is 5.75 Å². The molecule has 2 atom stereocenters. The van der Waals surface area contributed by atoms with Crippen LogP contribution in [0, 0.1) is 0 Å². The summed E-state index contributed by atoms with van der Waals surface area (Å²) in [5.74, 6) is 0.829. The highest BCUT2D eigenvalue weighted by molar-refractivity contribution is 6.31. The maximum Gasteiger partial charge on any atom is 0.120 e. The van der Waals surface area contributed by atoms with Gasteiger partial charge >= 0.3 is 0 Å². The number of benzene rings is 1. The summed E-state index contributed by atoms with van der Waals surface area (Å²) in [6.07, 6.45) is 3.66. The SMILES string of the molecule is CC(N)c1ccc(OCCC2CCCN2C)cc1Cl. The Kier molecular flexibility index (Phi) is 5.08. The molecule has 0 saturated carbocycles. The third kappa shape index (κ3) is 3.85. The van der Waals surface area contributed by atoms with Crippen LogP contribution < -0.4 is 10.5 Å². The van der Waals surface area contributed by atoms with E-state index in [1.807, 2.05) is 25.1 Å². The summed E-state index contributed by atoms with van der Waals surface area (Å²) in [6.45, 7) is 3.88. The molecule has 0 aliphatic carbocycles. The fourth-order valence-corrected chi connectivity index (χ4v) is 2.97. The normalized spacial score (nSPS) is 21.6. The zero-order valence-corrected chi connectivity index (χ0v) is 12.5. The topological polar surface area (TPSA) is 38.5 Å². The first-order valence-corrected chi connectivity index (χ1v) is 7.34. The van der Waals surface area contributed by atoms with Gasteiger partial charge in [-0.3, -0.25) is 0 Å². The van der Waals surface area contributed by atoms with Crippen molar-refractivity contribution >= 4 is 11.6 Å². The Bertz CT molecular complexity index is 423. The summed E-state index contributed by atoms with van der Waals surface area (Å²) in [6, 6.07) is 6.37. The average molecular weight is 283 g/mol. The van der Waals surface area contributed by atoms with Crippen LogP contribution in [0.2, 0.25) is 5.02 Å². The molecule has 106 valence electrons. The Labute approximate surface area is 120 Å². The Balaban J connectivity index is 1.84. The van der Waals surface area contributed by atoms with E-state index in [2.05, 4.69) is 11.9 Å². The molecule has 1 aliphatic heterocycles. The van der Waals surface area contributed by atoms with Gasteiger partial charge in [0.25, 0.3) is 0 Å². The Hall–Kier alpha value is -0.770. The number of hydrogen-bond acceptors (Lipinski definition) is 3. The molecule has 3 nitrogen and oxygen atoms in total. The van der Waals surface area contributed by atoms with E-state index in [-0.39, 0.29) is 6.04 Å². The maximum absolute atomic E-state index is 6.19. The zero-order chi connectivity index (χ0) is 13.8. The van der Waals surface area contributed by atoms with Gasteiger partial charge in [-0.05, 0) is 57.5 Å². The monoisotopic (exact) mass is 282 g/mol. The summed E-state index contributed by atoms with van der Waals surface area (Å²) in [4.78, 5) is 2.41. The molecular weight excluding hydrogens is 260 g/mol. The molecule has 0 bridgehead atoms. The maximum atomic E-state index is 6.19. The van der Waals surface area contributed by atoms with Gasteiger partial charge in [0, 0.05) is 17.1 Å². The minimum Gasteiger partial charge on any atom is -0.493 e. The second kappa shape index (κ2) is 6.60. The van der Waals surface area contributed by atoms with Gasteiger partial charge in [0.15, 0.2) is 0 Å². The first-order chi connectivity index (χ1) is 9.08. The molecule has 1 saturated heterocycles. The number of nitrogens with two attached hydrogens (primary N) is 1. The summed E-state index contributed by atoms with van der Waals surface area (Å²) in [5, 5.41) is 0.686. The van der Waals surface area contributed by atoms with Crippen LogP contribution in [0.3, 0.4) is 0 Å². The van der Waals surface area contributed by atoms with Crippen LogP contribution in [0.25, 0.3) is 0 Å². The number of halogens is 1. The van der Waals surface area contributed by atoms with Crippen LogP contribution in [0.1, 0.15) is 37.8 Å². The Morgan fingerprint density at radius 1 is 1.53 bits per heavy atom.